The molecule has 3 rings (SSSR count). The standard InChI is InChI=1S/C25H31FN4O3/c1-18-12-22(29(3)28-18)15-30(16-25(31)27-2)11-10-19-8-9-23(24(14-19)32-4)33-17-20-6-5-7-21(26)13-20/h5-9,12-14H,10-11,15-17H2,1-4H3,(H,27,31). The summed E-state index contributed by atoms with van der Waals surface area (Å²) in [6, 6.07) is 14.1. The van der Waals surface area contributed by atoms with Crippen LogP contribution in [0.4, 0.5) is 4.39 Å². The quantitative estimate of drug-likeness (QED) is 0.482. The molecule has 0 fully saturated rings. The van der Waals surface area contributed by atoms with Crippen LogP contribution >= 0.6 is 0 Å². The molecule has 0 aliphatic rings. The first kappa shape index (κ1) is 24.3. The van der Waals surface area contributed by atoms with Gasteiger partial charge < -0.3 is 14.8 Å². The molecule has 0 spiro atoms. The van der Waals surface area contributed by atoms with Crippen molar-refractivity contribution in [1.29, 1.82) is 0 Å². The van der Waals surface area contributed by atoms with Gasteiger partial charge in [0.25, 0.3) is 0 Å². The van der Waals surface area contributed by atoms with Gasteiger partial charge in [0.15, 0.2) is 11.5 Å². The van der Waals surface area contributed by atoms with Crippen LogP contribution in [0, 0.1) is 12.7 Å². The zero-order valence-electron chi connectivity index (χ0n) is 19.6. The molecule has 0 atom stereocenters. The van der Waals surface area contributed by atoms with Crippen LogP contribution in [0.15, 0.2) is 48.5 Å². The molecular formula is C25H31FN4O3. The predicted molar refractivity (Wildman–Crippen MR) is 125 cm³/mol. The van der Waals surface area contributed by atoms with E-state index < -0.39 is 0 Å². The molecule has 0 saturated carbocycles. The van der Waals surface area contributed by atoms with Crippen molar-refractivity contribution in [3.05, 3.63) is 76.9 Å². The zero-order chi connectivity index (χ0) is 23.8. The van der Waals surface area contributed by atoms with E-state index in [9.17, 15) is 9.18 Å². The van der Waals surface area contributed by atoms with E-state index >= 15 is 0 Å². The number of aryl methyl sites for hydroxylation is 2. The van der Waals surface area contributed by atoms with Crippen LogP contribution in [0.2, 0.25) is 0 Å². The highest BCUT2D eigenvalue weighted by atomic mass is 19.1. The minimum atomic E-state index is -0.291. The molecular weight excluding hydrogens is 423 g/mol. The SMILES string of the molecule is CNC(=O)CN(CCc1ccc(OCc2cccc(F)c2)c(OC)c1)Cc1cc(C)nn1C. The van der Waals surface area contributed by atoms with E-state index in [2.05, 4.69) is 15.3 Å². The summed E-state index contributed by atoms with van der Waals surface area (Å²) in [6.45, 7) is 3.81. The molecule has 0 aliphatic heterocycles. The summed E-state index contributed by atoms with van der Waals surface area (Å²) in [7, 11) is 5.15. The Morgan fingerprint density at radius 2 is 1.97 bits per heavy atom. The number of hydrogen-bond donors (Lipinski definition) is 1. The summed E-state index contributed by atoms with van der Waals surface area (Å²) < 4.78 is 26.6. The third-order valence-electron chi connectivity index (χ3n) is 5.36. The van der Waals surface area contributed by atoms with Gasteiger partial charge in [-0.25, -0.2) is 4.39 Å². The average Bonchev–Trinajstić information content (AvgIpc) is 3.12. The molecule has 0 unspecified atom stereocenters. The molecule has 1 amide bonds. The molecule has 1 N–H and O–H groups in total. The van der Waals surface area contributed by atoms with Gasteiger partial charge >= 0.3 is 0 Å². The van der Waals surface area contributed by atoms with Crippen molar-refractivity contribution >= 4 is 5.91 Å². The Labute approximate surface area is 194 Å². The number of nitrogens with zero attached hydrogens (tertiary/aromatic N) is 3. The van der Waals surface area contributed by atoms with Crippen molar-refractivity contribution in [2.45, 2.75) is 26.5 Å². The van der Waals surface area contributed by atoms with Crippen molar-refractivity contribution in [1.82, 2.24) is 20.0 Å². The van der Waals surface area contributed by atoms with E-state index in [1.165, 1.54) is 12.1 Å². The summed E-state index contributed by atoms with van der Waals surface area (Å²) in [5.74, 6) is 0.885. The molecule has 3 aromatic rings. The lowest BCUT2D eigenvalue weighted by atomic mass is 10.1. The maximum absolute atomic E-state index is 13.4. The Balaban J connectivity index is 1.65. The maximum Gasteiger partial charge on any atom is 0.233 e. The number of ether oxygens (including phenoxy) is 2. The van der Waals surface area contributed by atoms with Crippen molar-refractivity contribution in [3.8, 4) is 11.5 Å². The van der Waals surface area contributed by atoms with Gasteiger partial charge in [0, 0.05) is 27.2 Å². The largest absolute Gasteiger partial charge is 0.493 e. The number of aromatic nitrogens is 2. The Bertz CT molecular complexity index is 1080. The van der Waals surface area contributed by atoms with Crippen LogP contribution < -0.4 is 14.8 Å². The Morgan fingerprint density at radius 1 is 1.15 bits per heavy atom. The van der Waals surface area contributed by atoms with Gasteiger partial charge in [-0.2, -0.15) is 5.10 Å². The lowest BCUT2D eigenvalue weighted by Crippen LogP contribution is -2.36. The van der Waals surface area contributed by atoms with Gasteiger partial charge in [-0.15, -0.1) is 0 Å². The summed E-state index contributed by atoms with van der Waals surface area (Å²) in [6.07, 6.45) is 0.731. The van der Waals surface area contributed by atoms with Crippen molar-refractivity contribution < 1.29 is 18.7 Å². The van der Waals surface area contributed by atoms with E-state index in [0.29, 0.717) is 31.1 Å². The second kappa shape index (κ2) is 11.5. The first-order chi connectivity index (χ1) is 15.9. The number of likely N-dealkylation sites (N-methyl/N-ethyl adjacent to an activating group) is 1. The minimum Gasteiger partial charge on any atom is -0.493 e. The van der Waals surface area contributed by atoms with Gasteiger partial charge in [0.1, 0.15) is 12.4 Å². The first-order valence-corrected chi connectivity index (χ1v) is 10.8. The molecule has 33 heavy (non-hydrogen) atoms. The van der Waals surface area contributed by atoms with Crippen LogP contribution in [0.5, 0.6) is 11.5 Å². The summed E-state index contributed by atoms with van der Waals surface area (Å²) in [5, 5.41) is 7.09. The number of benzene rings is 2. The Kier molecular flexibility index (Phi) is 8.43. The predicted octanol–water partition coefficient (Wildman–Crippen LogP) is 3.25. The smallest absolute Gasteiger partial charge is 0.233 e. The highest BCUT2D eigenvalue weighted by molar-refractivity contribution is 5.77. The monoisotopic (exact) mass is 454 g/mol. The van der Waals surface area contributed by atoms with Crippen LogP contribution in [0.1, 0.15) is 22.5 Å². The number of nitrogens with one attached hydrogen (secondary N) is 1. The molecule has 8 heteroatoms. The fourth-order valence-corrected chi connectivity index (χ4v) is 3.60. The summed E-state index contributed by atoms with van der Waals surface area (Å²) in [5.41, 5.74) is 3.81. The molecule has 0 radical (unpaired) electrons. The van der Waals surface area contributed by atoms with Gasteiger partial charge in [-0.1, -0.05) is 18.2 Å². The van der Waals surface area contributed by atoms with E-state index in [4.69, 9.17) is 9.47 Å². The topological polar surface area (TPSA) is 68.6 Å². The molecule has 0 saturated heterocycles. The van der Waals surface area contributed by atoms with E-state index in [1.807, 2.05) is 49.0 Å². The Morgan fingerprint density at radius 3 is 2.64 bits per heavy atom. The molecule has 1 heterocycles. The first-order valence-electron chi connectivity index (χ1n) is 10.8. The van der Waals surface area contributed by atoms with Gasteiger partial charge in [0.05, 0.1) is 25.0 Å². The normalized spacial score (nSPS) is 11.0. The number of rotatable bonds is 11. The Hall–Kier alpha value is -3.39. The van der Waals surface area contributed by atoms with Gasteiger partial charge in [0.2, 0.25) is 5.91 Å². The van der Waals surface area contributed by atoms with Crippen molar-refractivity contribution in [3.63, 3.8) is 0 Å². The van der Waals surface area contributed by atoms with E-state index in [0.717, 1.165) is 28.9 Å². The van der Waals surface area contributed by atoms with Crippen molar-refractivity contribution in [2.75, 3.05) is 27.2 Å². The highest BCUT2D eigenvalue weighted by Crippen LogP contribution is 2.29. The fourth-order valence-electron chi connectivity index (χ4n) is 3.60. The third-order valence-corrected chi connectivity index (χ3v) is 5.36. The van der Waals surface area contributed by atoms with E-state index in [1.54, 1.807) is 20.2 Å². The number of halogens is 1. The third kappa shape index (κ3) is 7.05. The van der Waals surface area contributed by atoms with E-state index in [-0.39, 0.29) is 18.3 Å². The van der Waals surface area contributed by atoms with Gasteiger partial charge in [-0.05, 0) is 54.8 Å². The second-order valence-corrected chi connectivity index (χ2v) is 7.94. The van der Waals surface area contributed by atoms with Crippen LogP contribution in [-0.2, 0) is 31.4 Å². The second-order valence-electron chi connectivity index (χ2n) is 7.94. The molecule has 0 aliphatic carbocycles. The fraction of sp³-hybridized carbons (Fsp3) is 0.360. The van der Waals surface area contributed by atoms with Crippen LogP contribution in [0.3, 0.4) is 0 Å². The molecule has 2 aromatic carbocycles. The molecule has 176 valence electrons. The number of methoxy groups -OCH3 is 1. The van der Waals surface area contributed by atoms with Crippen LogP contribution in [-0.4, -0.2) is 47.8 Å². The van der Waals surface area contributed by atoms with Crippen molar-refractivity contribution in [2.24, 2.45) is 7.05 Å². The highest BCUT2D eigenvalue weighted by Gasteiger charge is 2.14. The lowest BCUT2D eigenvalue weighted by Gasteiger charge is -2.22. The summed E-state index contributed by atoms with van der Waals surface area (Å²) in [4.78, 5) is 14.1. The number of amides is 1. The summed E-state index contributed by atoms with van der Waals surface area (Å²) >= 11 is 0. The number of carbonyl (C=O) groups is 1. The maximum atomic E-state index is 13.4. The van der Waals surface area contributed by atoms with Crippen LogP contribution in [0.25, 0.3) is 0 Å². The number of hydrogen-bond acceptors (Lipinski definition) is 5. The molecule has 1 aromatic heterocycles. The molecule has 7 nitrogen and oxygen atoms in total. The average molecular weight is 455 g/mol. The molecule has 0 bridgehead atoms. The lowest BCUT2D eigenvalue weighted by molar-refractivity contribution is -0.121. The number of carbonyl (C=O) groups excluding carboxylic acids is 1. The minimum absolute atomic E-state index is 0.0347. The zero-order valence-corrected chi connectivity index (χ0v) is 19.6. The van der Waals surface area contributed by atoms with Gasteiger partial charge in [-0.3, -0.25) is 14.4 Å².